The maximum atomic E-state index is 12.6. The molecule has 2 bridgehead atoms. The molecule has 2 aromatic rings. The summed E-state index contributed by atoms with van der Waals surface area (Å²) in [6, 6.07) is 0.337. The van der Waals surface area contributed by atoms with Gasteiger partial charge in [-0.2, -0.15) is 0 Å². The summed E-state index contributed by atoms with van der Waals surface area (Å²) in [5.74, 6) is 0.390. The second-order valence-corrected chi connectivity index (χ2v) is 7.64. The molecule has 0 radical (unpaired) electrons. The molecule has 5 rings (SSSR count). The molecule has 8 nitrogen and oxygen atoms in total. The lowest BCUT2D eigenvalue weighted by atomic mass is 9.75. The zero-order valence-electron chi connectivity index (χ0n) is 14.0. The monoisotopic (exact) mass is 360 g/mol. The number of hydrogen-bond acceptors (Lipinski definition) is 7. The second-order valence-electron chi connectivity index (χ2n) is 6.75. The van der Waals surface area contributed by atoms with E-state index in [0.29, 0.717) is 29.3 Å². The van der Waals surface area contributed by atoms with E-state index in [1.54, 1.807) is 17.1 Å². The van der Waals surface area contributed by atoms with Gasteiger partial charge in [0.25, 0.3) is 0 Å². The van der Waals surface area contributed by atoms with E-state index in [4.69, 9.17) is 0 Å². The van der Waals surface area contributed by atoms with Crippen molar-refractivity contribution in [2.24, 2.45) is 11.8 Å². The first-order chi connectivity index (χ1) is 12.1. The van der Waals surface area contributed by atoms with E-state index in [-0.39, 0.29) is 17.6 Å². The molecule has 2 aromatic heterocycles. The third-order valence-corrected chi connectivity index (χ3v) is 5.86. The van der Waals surface area contributed by atoms with Crippen molar-refractivity contribution in [3.05, 3.63) is 23.5 Å². The number of ketones is 1. The quantitative estimate of drug-likeness (QED) is 0.808. The maximum absolute atomic E-state index is 12.6. The molecule has 25 heavy (non-hydrogen) atoms. The zero-order valence-corrected chi connectivity index (χ0v) is 14.8. The minimum absolute atomic E-state index is 0.0115. The number of nitrogens with one attached hydrogen (secondary N) is 1. The van der Waals surface area contributed by atoms with Crippen molar-refractivity contribution in [3.63, 3.8) is 0 Å². The lowest BCUT2D eigenvalue weighted by Crippen LogP contribution is -2.57. The number of rotatable bonds is 5. The van der Waals surface area contributed by atoms with E-state index >= 15 is 0 Å². The summed E-state index contributed by atoms with van der Waals surface area (Å²) in [6.07, 6.45) is 5.41. The number of nitrogens with zero attached hydrogens (tertiary/aromatic N) is 5. The number of Topliss-reactive ketones (excluding diaryl/α,β-unsaturated/α-hetero) is 1. The summed E-state index contributed by atoms with van der Waals surface area (Å²) in [5.41, 5.74) is 0.400. The Balaban J connectivity index is 1.39. The molecule has 4 unspecified atom stereocenters. The van der Waals surface area contributed by atoms with Gasteiger partial charge in [-0.3, -0.25) is 19.2 Å². The first-order valence-corrected chi connectivity index (χ1v) is 9.33. The molecule has 3 fully saturated rings. The van der Waals surface area contributed by atoms with Crippen LogP contribution in [0.25, 0.3) is 0 Å². The second kappa shape index (κ2) is 6.64. The third-order valence-electron chi connectivity index (χ3n) is 5.17. The summed E-state index contributed by atoms with van der Waals surface area (Å²) in [5, 5.41) is 13.4. The Labute approximate surface area is 149 Å². The van der Waals surface area contributed by atoms with Gasteiger partial charge in [0.05, 0.1) is 18.7 Å². The van der Waals surface area contributed by atoms with Gasteiger partial charge in [-0.05, 0) is 25.3 Å². The van der Waals surface area contributed by atoms with Crippen LogP contribution in [0.1, 0.15) is 30.3 Å². The van der Waals surface area contributed by atoms with Crippen LogP contribution in [0.5, 0.6) is 0 Å². The molecule has 132 valence electrons. The number of fused-ring (bicyclic) bond motifs is 3. The number of aromatic nitrogens is 4. The smallest absolute Gasteiger partial charge is 0.230 e. The van der Waals surface area contributed by atoms with Gasteiger partial charge in [0.15, 0.2) is 10.9 Å². The molecule has 0 aliphatic carbocycles. The highest BCUT2D eigenvalue weighted by Gasteiger charge is 2.43. The fourth-order valence-electron chi connectivity index (χ4n) is 3.87. The van der Waals surface area contributed by atoms with E-state index in [1.807, 2.05) is 5.38 Å². The van der Waals surface area contributed by atoms with Crippen molar-refractivity contribution >= 4 is 28.2 Å². The van der Waals surface area contributed by atoms with E-state index < -0.39 is 0 Å². The highest BCUT2D eigenvalue weighted by atomic mass is 32.1. The Morgan fingerprint density at radius 3 is 2.96 bits per heavy atom. The van der Waals surface area contributed by atoms with Crippen LogP contribution < -0.4 is 5.32 Å². The average Bonchev–Trinajstić information content (AvgIpc) is 3.27. The molecule has 0 spiro atoms. The predicted octanol–water partition coefficient (Wildman–Crippen LogP) is 1.29. The van der Waals surface area contributed by atoms with Gasteiger partial charge >= 0.3 is 0 Å². The number of carbonyl (C=O) groups is 2. The third kappa shape index (κ3) is 3.34. The Hall–Kier alpha value is -2.13. The number of carbonyl (C=O) groups excluding carboxylic acids is 2. The summed E-state index contributed by atoms with van der Waals surface area (Å²) in [4.78, 5) is 30.4. The molecule has 5 heterocycles. The highest BCUT2D eigenvalue weighted by Crippen LogP contribution is 2.37. The average molecular weight is 360 g/mol. The van der Waals surface area contributed by atoms with Crippen LogP contribution >= 0.6 is 11.3 Å². The minimum Gasteiger partial charge on any atom is -0.302 e. The van der Waals surface area contributed by atoms with Crippen LogP contribution in [0, 0.1) is 11.8 Å². The molecular formula is C16H20N6O2S. The zero-order chi connectivity index (χ0) is 17.4. The standard InChI is InChI=1S/C16H20N6O2S/c1-10(23)14-9-22(20-19-14)7-12-6-11-2-4-21(12)8-13(11)15(24)18-16-17-3-5-25-16/h3,5,9,11-13H,2,4,6-8H2,1H3,(H,17,18,24). The number of hydrogen-bond donors (Lipinski definition) is 1. The van der Waals surface area contributed by atoms with Gasteiger partial charge in [0.2, 0.25) is 5.91 Å². The first kappa shape index (κ1) is 16.3. The van der Waals surface area contributed by atoms with Crippen LogP contribution in [-0.4, -0.2) is 55.7 Å². The Morgan fingerprint density at radius 2 is 2.32 bits per heavy atom. The molecule has 3 aliphatic rings. The van der Waals surface area contributed by atoms with Crippen LogP contribution in [0.3, 0.4) is 0 Å². The van der Waals surface area contributed by atoms with Crippen molar-refractivity contribution in [1.29, 1.82) is 0 Å². The van der Waals surface area contributed by atoms with Crippen molar-refractivity contribution in [2.75, 3.05) is 18.4 Å². The molecule has 1 amide bonds. The fourth-order valence-corrected chi connectivity index (χ4v) is 4.41. The van der Waals surface area contributed by atoms with Crippen LogP contribution in [0.2, 0.25) is 0 Å². The van der Waals surface area contributed by atoms with E-state index in [0.717, 1.165) is 25.9 Å². The SMILES string of the molecule is CC(=O)c1cn(CC2CC3CCN2CC3C(=O)Nc2nccs2)nn1. The summed E-state index contributed by atoms with van der Waals surface area (Å²) in [7, 11) is 0. The summed E-state index contributed by atoms with van der Waals surface area (Å²) >= 11 is 1.44. The molecule has 3 saturated heterocycles. The number of thiazole rings is 1. The van der Waals surface area contributed by atoms with Gasteiger partial charge in [0.1, 0.15) is 5.69 Å². The Morgan fingerprint density at radius 1 is 1.44 bits per heavy atom. The largest absolute Gasteiger partial charge is 0.302 e. The van der Waals surface area contributed by atoms with Crippen molar-refractivity contribution in [2.45, 2.75) is 32.4 Å². The molecule has 3 aliphatic heterocycles. The van der Waals surface area contributed by atoms with Crippen molar-refractivity contribution in [3.8, 4) is 0 Å². The van der Waals surface area contributed by atoms with Gasteiger partial charge in [-0.25, -0.2) is 4.98 Å². The first-order valence-electron chi connectivity index (χ1n) is 8.45. The van der Waals surface area contributed by atoms with E-state index in [9.17, 15) is 9.59 Å². The van der Waals surface area contributed by atoms with Gasteiger partial charge < -0.3 is 5.32 Å². The molecule has 0 aromatic carbocycles. The minimum atomic E-state index is -0.0735. The van der Waals surface area contributed by atoms with Crippen molar-refractivity contribution in [1.82, 2.24) is 24.9 Å². The fraction of sp³-hybridized carbons (Fsp3) is 0.562. The van der Waals surface area contributed by atoms with E-state index in [1.165, 1.54) is 18.3 Å². The topological polar surface area (TPSA) is 93.0 Å². The highest BCUT2D eigenvalue weighted by molar-refractivity contribution is 7.13. The van der Waals surface area contributed by atoms with Crippen LogP contribution in [-0.2, 0) is 11.3 Å². The molecule has 1 N–H and O–H groups in total. The lowest BCUT2D eigenvalue weighted by molar-refractivity contribution is -0.127. The van der Waals surface area contributed by atoms with Crippen molar-refractivity contribution < 1.29 is 9.59 Å². The molecule has 9 heteroatoms. The normalized spacial score (nSPS) is 28.0. The summed E-state index contributed by atoms with van der Waals surface area (Å²) in [6.45, 7) is 3.97. The molecule has 0 saturated carbocycles. The predicted molar refractivity (Wildman–Crippen MR) is 92.3 cm³/mol. The molecular weight excluding hydrogens is 340 g/mol. The Kier molecular flexibility index (Phi) is 4.34. The van der Waals surface area contributed by atoms with Crippen LogP contribution in [0.15, 0.2) is 17.8 Å². The Bertz CT molecular complexity index is 773. The van der Waals surface area contributed by atoms with E-state index in [2.05, 4.69) is 25.5 Å². The number of anilines is 1. The van der Waals surface area contributed by atoms with Gasteiger partial charge in [-0.15, -0.1) is 16.4 Å². The summed E-state index contributed by atoms with van der Waals surface area (Å²) < 4.78 is 1.74. The lowest BCUT2D eigenvalue weighted by Gasteiger charge is -2.49. The van der Waals surface area contributed by atoms with Gasteiger partial charge in [-0.1, -0.05) is 5.21 Å². The number of piperidine rings is 3. The maximum Gasteiger partial charge on any atom is 0.230 e. The van der Waals surface area contributed by atoms with Gasteiger partial charge in [0, 0.05) is 31.1 Å². The molecule has 4 atom stereocenters. The van der Waals surface area contributed by atoms with Crippen LogP contribution in [0.4, 0.5) is 5.13 Å². The number of amides is 1.